The molecule has 4 heterocycles. The molecule has 2 amide bonds. The molecule has 2 aliphatic heterocycles. The fourth-order valence-corrected chi connectivity index (χ4v) is 9.35. The number of carbonyl (C=O) groups is 2. The summed E-state index contributed by atoms with van der Waals surface area (Å²) in [5.74, 6) is -0.665. The smallest absolute Gasteiger partial charge is 0.493 e. The number of methoxy groups -OCH3 is 3. The van der Waals surface area contributed by atoms with E-state index in [1.807, 2.05) is 24.3 Å². The molecule has 6 N–H and O–H groups in total. The minimum atomic E-state index is -5.42. The Morgan fingerprint density at radius 1 is 0.889 bits per heavy atom. The molecule has 0 radical (unpaired) electrons. The van der Waals surface area contributed by atoms with E-state index in [0.717, 1.165) is 11.3 Å². The highest BCUT2D eigenvalue weighted by atomic mass is 35.5. The molecule has 0 saturated heterocycles. The fraction of sp³-hybridized carbons (Fsp3) is 0.294. The Kier molecular flexibility index (Phi) is 10.2. The lowest BCUT2D eigenvalue weighted by Crippen LogP contribution is -2.30. The molecule has 2 aliphatic rings. The molecule has 5 aromatic rings. The van der Waals surface area contributed by atoms with Gasteiger partial charge in [0.15, 0.2) is 17.2 Å². The van der Waals surface area contributed by atoms with Crippen LogP contribution in [0.3, 0.4) is 0 Å². The van der Waals surface area contributed by atoms with Crippen LogP contribution in [0.15, 0.2) is 48.5 Å². The van der Waals surface area contributed by atoms with Crippen LogP contribution in [-0.4, -0.2) is 85.0 Å². The molecule has 0 saturated carbocycles. The highest BCUT2D eigenvalue weighted by Crippen LogP contribution is 2.61. The van der Waals surface area contributed by atoms with Gasteiger partial charge in [0.05, 0.1) is 44.7 Å². The maximum atomic E-state index is 14.4. The first-order valence-electron chi connectivity index (χ1n) is 16.5. The summed E-state index contributed by atoms with van der Waals surface area (Å²) in [4.78, 5) is 58.3. The van der Waals surface area contributed by atoms with Crippen molar-refractivity contribution in [2.24, 2.45) is 5.73 Å². The van der Waals surface area contributed by atoms with Crippen LogP contribution in [0, 0.1) is 0 Å². The molecule has 0 fully saturated rings. The Labute approximate surface area is 313 Å². The van der Waals surface area contributed by atoms with Gasteiger partial charge >= 0.3 is 15.6 Å². The molecular weight excluding hydrogens is 768 g/mol. The fourth-order valence-electron chi connectivity index (χ4n) is 7.00. The van der Waals surface area contributed by atoms with E-state index in [2.05, 4.69) is 18.8 Å². The standard InChI is InChI=1S/C34H36ClN5O12P2/c1-47-27-13-19-12-22(37-29(19)32(49-3)31(27)48-2)34(42)40-17-20(16-35)28-21-14-23(33(41)39-10-8-18-6-4-5-7-24(18)39)38-30(21)26(15-25(28)40)51-54(45,46)52-53(43,44)50-11-9-36/h4-7,12-15,20,37-38H,8-11,16-17,36H2,1-3H3,(H,43,44)(H,45,46)/t20-/m1/s1. The third-order valence-electron chi connectivity index (χ3n) is 9.24. The van der Waals surface area contributed by atoms with Gasteiger partial charge in [-0.25, -0.2) is 9.13 Å². The molecule has 54 heavy (non-hydrogen) atoms. The van der Waals surface area contributed by atoms with Crippen LogP contribution >= 0.6 is 27.2 Å². The Hall–Kier alpha value is -4.57. The van der Waals surface area contributed by atoms with Crippen LogP contribution < -0.4 is 34.3 Å². The molecule has 0 spiro atoms. The summed E-state index contributed by atoms with van der Waals surface area (Å²) >= 11 is 6.52. The molecule has 3 aromatic carbocycles. The van der Waals surface area contributed by atoms with Crippen LogP contribution in [0.4, 0.5) is 11.4 Å². The van der Waals surface area contributed by atoms with E-state index in [1.54, 1.807) is 23.1 Å². The topological polar surface area (TPSA) is 228 Å². The Morgan fingerprint density at radius 2 is 1.59 bits per heavy atom. The van der Waals surface area contributed by atoms with Crippen LogP contribution in [0.25, 0.3) is 21.8 Å². The first-order chi connectivity index (χ1) is 25.8. The number of rotatable bonds is 13. The van der Waals surface area contributed by atoms with Crippen LogP contribution in [0.5, 0.6) is 23.0 Å². The quantitative estimate of drug-likeness (QED) is 0.0740. The summed E-state index contributed by atoms with van der Waals surface area (Å²) < 4.78 is 56.9. The van der Waals surface area contributed by atoms with Gasteiger partial charge in [0.2, 0.25) is 5.75 Å². The lowest BCUT2D eigenvalue weighted by Gasteiger charge is -2.20. The zero-order valence-corrected chi connectivity index (χ0v) is 31.7. The van der Waals surface area contributed by atoms with Crippen molar-refractivity contribution in [3.63, 3.8) is 0 Å². The zero-order valence-electron chi connectivity index (χ0n) is 29.2. The van der Waals surface area contributed by atoms with Crippen molar-refractivity contribution in [3.8, 4) is 23.0 Å². The molecule has 17 nitrogen and oxygen atoms in total. The molecule has 286 valence electrons. The summed E-state index contributed by atoms with van der Waals surface area (Å²) in [6.45, 7) is -0.125. The number of fused-ring (bicyclic) bond motifs is 5. The van der Waals surface area contributed by atoms with E-state index in [4.69, 9.17) is 36.1 Å². The van der Waals surface area contributed by atoms with Gasteiger partial charge in [-0.1, -0.05) is 18.2 Å². The SMILES string of the molecule is COc1cc2cc(C(=O)N3C[C@@H](CCl)c4c3cc(OP(=O)(O)OP(=O)(O)OCCN)c3[nH]c(C(=O)N5CCc6ccccc65)cc43)[nH]c2c(OC)c1OC. The minimum absolute atomic E-state index is 0.0583. The average Bonchev–Trinajstić information content (AvgIpc) is 3.95. The number of aromatic amines is 2. The van der Waals surface area contributed by atoms with Crippen LogP contribution in [-0.2, 0) is 24.4 Å². The molecule has 20 heteroatoms. The first-order valence-corrected chi connectivity index (χ1v) is 20.1. The van der Waals surface area contributed by atoms with Gasteiger partial charge in [0.1, 0.15) is 11.4 Å². The lowest BCUT2D eigenvalue weighted by molar-refractivity contribution is 0.0977. The van der Waals surface area contributed by atoms with Gasteiger partial charge in [-0.15, -0.1) is 11.6 Å². The molecule has 2 unspecified atom stereocenters. The number of hydrogen-bond donors (Lipinski definition) is 5. The molecule has 2 aromatic heterocycles. The summed E-state index contributed by atoms with van der Waals surface area (Å²) in [5.41, 5.74) is 8.67. The summed E-state index contributed by atoms with van der Waals surface area (Å²) in [5, 5.41) is 0.945. The van der Waals surface area contributed by atoms with Crippen molar-refractivity contribution in [1.82, 2.24) is 9.97 Å². The zero-order chi connectivity index (χ0) is 38.5. The van der Waals surface area contributed by atoms with E-state index in [1.165, 1.54) is 32.3 Å². The number of alkyl halides is 1. The number of nitrogens with one attached hydrogen (secondary N) is 2. The highest BCUT2D eigenvalue weighted by molar-refractivity contribution is 7.61. The molecule has 0 aliphatic carbocycles. The molecular formula is C34H36ClN5O12P2. The monoisotopic (exact) mass is 803 g/mol. The second-order valence-corrected chi connectivity index (χ2v) is 15.7. The number of benzene rings is 3. The summed E-state index contributed by atoms with van der Waals surface area (Å²) in [7, 11) is -6.15. The van der Waals surface area contributed by atoms with E-state index in [0.29, 0.717) is 52.1 Å². The lowest BCUT2D eigenvalue weighted by atomic mass is 9.98. The van der Waals surface area contributed by atoms with E-state index < -0.39 is 34.1 Å². The predicted molar refractivity (Wildman–Crippen MR) is 200 cm³/mol. The van der Waals surface area contributed by atoms with Crippen molar-refractivity contribution in [3.05, 3.63) is 71.0 Å². The number of carbonyl (C=O) groups excluding carboxylic acids is 2. The van der Waals surface area contributed by atoms with Gasteiger partial charge in [0, 0.05) is 54.0 Å². The van der Waals surface area contributed by atoms with Gasteiger partial charge < -0.3 is 49.1 Å². The number of halogens is 1. The summed E-state index contributed by atoms with van der Waals surface area (Å²) in [6.07, 6.45) is 0.648. The normalized spacial score (nSPS) is 17.3. The number of aromatic nitrogens is 2. The Morgan fingerprint density at radius 3 is 2.30 bits per heavy atom. The van der Waals surface area contributed by atoms with Crippen molar-refractivity contribution in [2.45, 2.75) is 12.3 Å². The van der Waals surface area contributed by atoms with Crippen molar-refractivity contribution in [1.29, 1.82) is 0 Å². The maximum Gasteiger partial charge on any atom is 0.536 e. The Balaban J connectivity index is 1.35. The number of para-hydroxylation sites is 1. The molecule has 0 bridgehead atoms. The van der Waals surface area contributed by atoms with Gasteiger partial charge in [-0.05, 0) is 41.8 Å². The van der Waals surface area contributed by atoms with E-state index >= 15 is 0 Å². The second-order valence-electron chi connectivity index (χ2n) is 12.4. The third-order valence-corrected chi connectivity index (χ3v) is 12.2. The minimum Gasteiger partial charge on any atom is -0.493 e. The molecule has 3 atom stereocenters. The van der Waals surface area contributed by atoms with Crippen LogP contribution in [0.2, 0.25) is 0 Å². The van der Waals surface area contributed by atoms with Crippen LogP contribution in [0.1, 0.15) is 38.0 Å². The maximum absolute atomic E-state index is 14.4. The number of phosphoric ester groups is 2. The number of ether oxygens (including phenoxy) is 3. The summed E-state index contributed by atoms with van der Waals surface area (Å²) in [6, 6.07) is 13.7. The first kappa shape index (κ1) is 37.7. The third kappa shape index (κ3) is 6.71. The number of amides is 2. The van der Waals surface area contributed by atoms with Gasteiger partial charge in [-0.3, -0.25) is 19.0 Å². The highest BCUT2D eigenvalue weighted by Gasteiger charge is 2.41. The van der Waals surface area contributed by atoms with E-state index in [-0.39, 0.29) is 53.2 Å². The number of anilines is 2. The van der Waals surface area contributed by atoms with Gasteiger partial charge in [-0.2, -0.15) is 4.31 Å². The number of nitrogens with zero attached hydrogens (tertiary/aromatic N) is 2. The van der Waals surface area contributed by atoms with Crippen molar-refractivity contribution < 1.29 is 56.1 Å². The van der Waals surface area contributed by atoms with Crippen molar-refractivity contribution >= 4 is 72.2 Å². The molecule has 7 rings (SSSR count). The van der Waals surface area contributed by atoms with Gasteiger partial charge in [0.25, 0.3) is 11.8 Å². The number of hydrogen-bond acceptors (Lipinski definition) is 11. The largest absolute Gasteiger partial charge is 0.536 e. The van der Waals surface area contributed by atoms with E-state index in [9.17, 15) is 28.5 Å². The number of nitrogens with two attached hydrogens (primary N) is 1. The predicted octanol–water partition coefficient (Wildman–Crippen LogP) is 5.43. The van der Waals surface area contributed by atoms with Crippen molar-refractivity contribution in [2.75, 3.05) is 63.3 Å². The Bertz CT molecular complexity index is 2400. The number of phosphoric acid groups is 2. The second kappa shape index (κ2) is 14.6. The average molecular weight is 804 g/mol. The number of H-pyrrole nitrogens is 2.